The van der Waals surface area contributed by atoms with Crippen LogP contribution in [0.1, 0.15) is 17.0 Å². The molecule has 0 amide bonds. The van der Waals surface area contributed by atoms with Gasteiger partial charge >= 0.3 is 0 Å². The van der Waals surface area contributed by atoms with Crippen molar-refractivity contribution in [1.29, 1.82) is 0 Å². The molecule has 1 aliphatic rings. The third-order valence-electron chi connectivity index (χ3n) is 3.24. The molecule has 1 atom stereocenters. The lowest BCUT2D eigenvalue weighted by molar-refractivity contribution is -0.113. The standard InChI is InChI=1S/C15H12ClNO3/c16-15(18)12(6-10-2-1-5-17-8-10)11-3-4-13-14(7-11)20-9-19-13/h1-5,7-8,12H,6,9H2. The van der Waals surface area contributed by atoms with Crippen LogP contribution in [0.25, 0.3) is 0 Å². The molecule has 0 radical (unpaired) electrons. The summed E-state index contributed by atoms with van der Waals surface area (Å²) in [6.45, 7) is 0.209. The molecule has 0 saturated carbocycles. The molecular formula is C15H12ClNO3. The average molecular weight is 290 g/mol. The zero-order valence-corrected chi connectivity index (χ0v) is 11.3. The number of pyridine rings is 1. The van der Waals surface area contributed by atoms with Gasteiger partial charge in [0, 0.05) is 12.4 Å². The number of halogens is 1. The Morgan fingerprint density at radius 3 is 2.90 bits per heavy atom. The molecule has 5 heteroatoms. The van der Waals surface area contributed by atoms with Gasteiger partial charge in [-0.25, -0.2) is 0 Å². The number of hydrogen-bond donors (Lipinski definition) is 0. The number of aromatic nitrogens is 1. The Bertz CT molecular complexity index is 630. The Morgan fingerprint density at radius 2 is 2.15 bits per heavy atom. The molecule has 20 heavy (non-hydrogen) atoms. The monoisotopic (exact) mass is 289 g/mol. The van der Waals surface area contributed by atoms with Gasteiger partial charge in [0.25, 0.3) is 0 Å². The summed E-state index contributed by atoms with van der Waals surface area (Å²) >= 11 is 5.75. The highest BCUT2D eigenvalue weighted by molar-refractivity contribution is 6.64. The number of hydrogen-bond acceptors (Lipinski definition) is 4. The minimum Gasteiger partial charge on any atom is -0.454 e. The van der Waals surface area contributed by atoms with Crippen molar-refractivity contribution >= 4 is 16.8 Å². The van der Waals surface area contributed by atoms with Crippen LogP contribution in [0.4, 0.5) is 0 Å². The van der Waals surface area contributed by atoms with E-state index in [0.717, 1.165) is 11.1 Å². The van der Waals surface area contributed by atoms with Crippen molar-refractivity contribution in [2.24, 2.45) is 0 Å². The normalized spacial score (nSPS) is 14.1. The van der Waals surface area contributed by atoms with Crippen LogP contribution in [0.2, 0.25) is 0 Å². The van der Waals surface area contributed by atoms with E-state index >= 15 is 0 Å². The summed E-state index contributed by atoms with van der Waals surface area (Å²) in [5.74, 6) is 0.919. The Morgan fingerprint density at radius 1 is 1.30 bits per heavy atom. The zero-order chi connectivity index (χ0) is 13.9. The molecular weight excluding hydrogens is 278 g/mol. The molecule has 0 bridgehead atoms. The van der Waals surface area contributed by atoms with E-state index in [1.165, 1.54) is 0 Å². The fourth-order valence-electron chi connectivity index (χ4n) is 2.21. The van der Waals surface area contributed by atoms with E-state index in [9.17, 15) is 4.79 Å². The summed E-state index contributed by atoms with van der Waals surface area (Å²) in [4.78, 5) is 15.8. The van der Waals surface area contributed by atoms with Crippen LogP contribution in [0, 0.1) is 0 Å². The van der Waals surface area contributed by atoms with Crippen molar-refractivity contribution in [1.82, 2.24) is 4.98 Å². The topological polar surface area (TPSA) is 48.4 Å². The number of fused-ring (bicyclic) bond motifs is 1. The highest BCUT2D eigenvalue weighted by atomic mass is 35.5. The highest BCUT2D eigenvalue weighted by Crippen LogP contribution is 2.36. The maximum Gasteiger partial charge on any atom is 0.231 e. The van der Waals surface area contributed by atoms with Crippen LogP contribution < -0.4 is 9.47 Å². The van der Waals surface area contributed by atoms with E-state index in [0.29, 0.717) is 17.9 Å². The Balaban J connectivity index is 1.89. The van der Waals surface area contributed by atoms with Crippen molar-refractivity contribution < 1.29 is 14.3 Å². The number of carbonyl (C=O) groups excluding carboxylic acids is 1. The van der Waals surface area contributed by atoms with Crippen molar-refractivity contribution in [2.75, 3.05) is 6.79 Å². The predicted molar refractivity (Wildman–Crippen MR) is 74.1 cm³/mol. The van der Waals surface area contributed by atoms with Gasteiger partial charge in [-0.3, -0.25) is 9.78 Å². The second-order valence-corrected chi connectivity index (χ2v) is 4.91. The van der Waals surface area contributed by atoms with E-state index in [2.05, 4.69) is 4.98 Å². The zero-order valence-electron chi connectivity index (χ0n) is 10.6. The molecule has 1 aromatic heterocycles. The molecule has 1 aliphatic heterocycles. The molecule has 3 rings (SSSR count). The molecule has 0 fully saturated rings. The molecule has 1 unspecified atom stereocenters. The summed E-state index contributed by atoms with van der Waals surface area (Å²) in [6, 6.07) is 9.21. The fraction of sp³-hybridized carbons (Fsp3) is 0.200. The maximum absolute atomic E-state index is 11.7. The molecule has 0 aliphatic carbocycles. The van der Waals surface area contributed by atoms with E-state index < -0.39 is 11.2 Å². The van der Waals surface area contributed by atoms with Crippen molar-refractivity contribution in [3.05, 3.63) is 53.9 Å². The molecule has 1 aromatic carbocycles. The van der Waals surface area contributed by atoms with Crippen LogP contribution in [-0.2, 0) is 11.2 Å². The predicted octanol–water partition coefficient (Wildman–Crippen LogP) is 2.90. The van der Waals surface area contributed by atoms with E-state index in [4.69, 9.17) is 21.1 Å². The van der Waals surface area contributed by atoms with Gasteiger partial charge < -0.3 is 9.47 Å². The van der Waals surface area contributed by atoms with Gasteiger partial charge in [0.05, 0.1) is 5.92 Å². The van der Waals surface area contributed by atoms with E-state index in [1.807, 2.05) is 24.3 Å². The SMILES string of the molecule is O=C(Cl)C(Cc1cccnc1)c1ccc2c(c1)OCO2. The Kier molecular flexibility index (Phi) is 3.56. The third-order valence-corrected chi connectivity index (χ3v) is 3.50. The second-order valence-electron chi connectivity index (χ2n) is 4.53. The molecule has 2 aromatic rings. The van der Waals surface area contributed by atoms with Gasteiger partial charge in [0.2, 0.25) is 12.0 Å². The van der Waals surface area contributed by atoms with Gasteiger partial charge in [-0.2, -0.15) is 0 Å². The molecule has 2 heterocycles. The first-order chi connectivity index (χ1) is 9.74. The van der Waals surface area contributed by atoms with Crippen LogP contribution in [-0.4, -0.2) is 17.0 Å². The molecule has 0 spiro atoms. The molecule has 102 valence electrons. The minimum absolute atomic E-state index is 0.209. The molecule has 4 nitrogen and oxygen atoms in total. The van der Waals surface area contributed by atoms with Gasteiger partial charge in [0.1, 0.15) is 0 Å². The summed E-state index contributed by atoms with van der Waals surface area (Å²) in [5.41, 5.74) is 1.78. The van der Waals surface area contributed by atoms with E-state index in [-0.39, 0.29) is 6.79 Å². The maximum atomic E-state index is 11.7. The van der Waals surface area contributed by atoms with Crippen molar-refractivity contribution in [2.45, 2.75) is 12.3 Å². The summed E-state index contributed by atoms with van der Waals surface area (Å²) in [6.07, 6.45) is 3.94. The van der Waals surface area contributed by atoms with Gasteiger partial charge in [-0.15, -0.1) is 0 Å². The number of carbonyl (C=O) groups is 1. The number of nitrogens with zero attached hydrogens (tertiary/aromatic N) is 1. The van der Waals surface area contributed by atoms with Crippen LogP contribution >= 0.6 is 11.6 Å². The Labute approximate surface area is 121 Å². The lowest BCUT2D eigenvalue weighted by atomic mass is 9.93. The van der Waals surface area contributed by atoms with Crippen molar-refractivity contribution in [3.8, 4) is 11.5 Å². The first kappa shape index (κ1) is 12.9. The van der Waals surface area contributed by atoms with Crippen LogP contribution in [0.15, 0.2) is 42.7 Å². The third kappa shape index (κ3) is 2.60. The van der Waals surface area contributed by atoms with Crippen LogP contribution in [0.5, 0.6) is 11.5 Å². The minimum atomic E-state index is -0.421. The Hall–Kier alpha value is -2.07. The summed E-state index contributed by atoms with van der Waals surface area (Å²) in [5, 5.41) is -0.396. The quantitative estimate of drug-likeness (QED) is 0.812. The number of ether oxygens (including phenoxy) is 2. The lowest BCUT2D eigenvalue weighted by Crippen LogP contribution is -2.10. The fourth-order valence-corrected chi connectivity index (χ4v) is 2.42. The van der Waals surface area contributed by atoms with Gasteiger partial charge in [-0.1, -0.05) is 12.1 Å². The number of rotatable bonds is 4. The second kappa shape index (κ2) is 5.51. The number of benzene rings is 1. The first-order valence-electron chi connectivity index (χ1n) is 6.22. The molecule has 0 saturated heterocycles. The average Bonchev–Trinajstić information content (AvgIpc) is 2.93. The van der Waals surface area contributed by atoms with Gasteiger partial charge in [0.15, 0.2) is 11.5 Å². The van der Waals surface area contributed by atoms with E-state index in [1.54, 1.807) is 18.5 Å². The summed E-state index contributed by atoms with van der Waals surface area (Å²) < 4.78 is 10.6. The largest absolute Gasteiger partial charge is 0.454 e. The van der Waals surface area contributed by atoms with Crippen molar-refractivity contribution in [3.63, 3.8) is 0 Å². The van der Waals surface area contributed by atoms with Gasteiger partial charge in [-0.05, 0) is 47.3 Å². The highest BCUT2D eigenvalue weighted by Gasteiger charge is 2.22. The molecule has 0 N–H and O–H groups in total. The smallest absolute Gasteiger partial charge is 0.231 e. The van der Waals surface area contributed by atoms with Crippen LogP contribution in [0.3, 0.4) is 0 Å². The first-order valence-corrected chi connectivity index (χ1v) is 6.59. The summed E-state index contributed by atoms with van der Waals surface area (Å²) in [7, 11) is 0. The lowest BCUT2D eigenvalue weighted by Gasteiger charge is -2.13.